The molecule has 9 heteroatoms. The van der Waals surface area contributed by atoms with Gasteiger partial charge in [-0.3, -0.25) is 9.36 Å². The normalized spacial score (nSPS) is 15.6. The van der Waals surface area contributed by atoms with E-state index in [1.165, 1.54) is 11.3 Å². The molecule has 1 aliphatic heterocycles. The second-order valence-corrected chi connectivity index (χ2v) is 12.0. The van der Waals surface area contributed by atoms with Gasteiger partial charge < -0.3 is 4.90 Å². The van der Waals surface area contributed by atoms with Gasteiger partial charge in [0.15, 0.2) is 0 Å². The molecule has 5 rings (SSSR count). The van der Waals surface area contributed by atoms with Crippen LogP contribution in [-0.4, -0.2) is 32.1 Å². The van der Waals surface area contributed by atoms with Crippen molar-refractivity contribution >= 4 is 48.9 Å². The number of anilines is 1. The van der Waals surface area contributed by atoms with E-state index in [9.17, 15) is 13.2 Å². The maximum Gasteiger partial charge on any atom is 0.308 e. The van der Waals surface area contributed by atoms with Crippen molar-refractivity contribution in [2.45, 2.75) is 37.2 Å². The molecule has 35 heavy (non-hydrogen) atoms. The van der Waals surface area contributed by atoms with Gasteiger partial charge in [0.2, 0.25) is 10.0 Å². The van der Waals surface area contributed by atoms with Crippen LogP contribution < -0.4 is 14.5 Å². The molecule has 4 aromatic rings. The number of sulfonamides is 1. The van der Waals surface area contributed by atoms with E-state index in [0.29, 0.717) is 35.3 Å². The van der Waals surface area contributed by atoms with Crippen molar-refractivity contribution in [1.29, 1.82) is 0 Å². The van der Waals surface area contributed by atoms with Crippen LogP contribution in [0.4, 0.5) is 5.69 Å². The predicted molar refractivity (Wildman–Crippen MR) is 143 cm³/mol. The number of halogens is 1. The Morgan fingerprint density at radius 1 is 1.09 bits per heavy atom. The minimum absolute atomic E-state index is 0.127. The molecule has 1 N–H and O–H groups in total. The molecule has 0 bridgehead atoms. The molecule has 3 aromatic carbocycles. The van der Waals surface area contributed by atoms with E-state index in [4.69, 9.17) is 11.6 Å². The van der Waals surface area contributed by atoms with E-state index < -0.39 is 10.0 Å². The first-order valence-corrected chi connectivity index (χ1v) is 14.2. The van der Waals surface area contributed by atoms with E-state index in [2.05, 4.69) is 34.7 Å². The Labute approximate surface area is 213 Å². The van der Waals surface area contributed by atoms with Gasteiger partial charge in [0.05, 0.1) is 21.7 Å². The molecule has 2 heterocycles. The SMILES string of the molecule is CC1Cc2ccccc2N1CCCNS(=O)(=O)c1ccc2c(c1)sc(=O)n2Cc1ccc(Cl)cc1. The Morgan fingerprint density at radius 3 is 2.66 bits per heavy atom. The van der Waals surface area contributed by atoms with Crippen LogP contribution in [0.2, 0.25) is 5.02 Å². The van der Waals surface area contributed by atoms with Crippen LogP contribution in [0.25, 0.3) is 10.2 Å². The average Bonchev–Trinajstić information content (AvgIpc) is 3.33. The molecule has 0 aliphatic carbocycles. The summed E-state index contributed by atoms with van der Waals surface area (Å²) in [7, 11) is -3.68. The Bertz CT molecular complexity index is 1530. The second kappa shape index (κ2) is 9.78. The second-order valence-electron chi connectivity index (χ2n) is 8.84. The molecule has 0 radical (unpaired) electrons. The van der Waals surface area contributed by atoms with Crippen molar-refractivity contribution in [1.82, 2.24) is 9.29 Å². The van der Waals surface area contributed by atoms with Gasteiger partial charge in [-0.15, -0.1) is 0 Å². The van der Waals surface area contributed by atoms with Crippen LogP contribution in [0.3, 0.4) is 0 Å². The number of rotatable bonds is 8. The maximum atomic E-state index is 12.9. The summed E-state index contributed by atoms with van der Waals surface area (Å²) in [5.74, 6) is 0. The third-order valence-electron chi connectivity index (χ3n) is 6.42. The zero-order valence-electron chi connectivity index (χ0n) is 19.3. The lowest BCUT2D eigenvalue weighted by Crippen LogP contribution is -2.33. The highest BCUT2D eigenvalue weighted by Crippen LogP contribution is 2.31. The summed E-state index contributed by atoms with van der Waals surface area (Å²) in [6.07, 6.45) is 1.72. The number of aromatic nitrogens is 1. The molecule has 6 nitrogen and oxygen atoms in total. The summed E-state index contributed by atoms with van der Waals surface area (Å²) >= 11 is 7.01. The van der Waals surface area contributed by atoms with Gasteiger partial charge in [0.1, 0.15) is 0 Å². The van der Waals surface area contributed by atoms with Gasteiger partial charge in [0, 0.05) is 29.8 Å². The fourth-order valence-corrected chi connectivity index (χ4v) is 6.88. The van der Waals surface area contributed by atoms with E-state index in [1.807, 2.05) is 18.2 Å². The average molecular weight is 528 g/mol. The van der Waals surface area contributed by atoms with Crippen molar-refractivity contribution in [2.24, 2.45) is 0 Å². The summed E-state index contributed by atoms with van der Waals surface area (Å²) in [4.78, 5) is 15.0. The Morgan fingerprint density at radius 2 is 1.86 bits per heavy atom. The Kier molecular flexibility index (Phi) is 6.72. The topological polar surface area (TPSA) is 71.4 Å². The number of para-hydroxylation sites is 1. The molecule has 1 atom stereocenters. The van der Waals surface area contributed by atoms with Gasteiger partial charge in [-0.1, -0.05) is 53.3 Å². The lowest BCUT2D eigenvalue weighted by Gasteiger charge is -2.24. The van der Waals surface area contributed by atoms with Gasteiger partial charge in [-0.05, 0) is 67.3 Å². The van der Waals surface area contributed by atoms with Crippen LogP contribution >= 0.6 is 22.9 Å². The minimum Gasteiger partial charge on any atom is -0.368 e. The number of hydrogen-bond acceptors (Lipinski definition) is 5. The first-order valence-electron chi connectivity index (χ1n) is 11.5. The third kappa shape index (κ3) is 5.02. The Balaban J connectivity index is 1.25. The van der Waals surface area contributed by atoms with Crippen molar-refractivity contribution in [3.05, 3.63) is 92.5 Å². The number of hydrogen-bond donors (Lipinski definition) is 1. The highest BCUT2D eigenvalue weighted by Gasteiger charge is 2.25. The minimum atomic E-state index is -3.68. The molecule has 1 aliphatic rings. The molecule has 1 aromatic heterocycles. The largest absolute Gasteiger partial charge is 0.368 e. The number of nitrogens with zero attached hydrogens (tertiary/aromatic N) is 2. The Hall–Kier alpha value is -2.65. The quantitative estimate of drug-likeness (QED) is 0.331. The van der Waals surface area contributed by atoms with Crippen LogP contribution in [0.15, 0.2) is 76.4 Å². The van der Waals surface area contributed by atoms with Crippen molar-refractivity contribution in [3.8, 4) is 0 Å². The summed E-state index contributed by atoms with van der Waals surface area (Å²) < 4.78 is 30.9. The lowest BCUT2D eigenvalue weighted by molar-refractivity contribution is 0.576. The van der Waals surface area contributed by atoms with Crippen LogP contribution in [0, 0.1) is 0 Å². The molecule has 0 spiro atoms. The zero-order chi connectivity index (χ0) is 24.6. The van der Waals surface area contributed by atoms with E-state index in [1.54, 1.807) is 34.9 Å². The fourth-order valence-electron chi connectivity index (χ4n) is 4.65. The summed E-state index contributed by atoms with van der Waals surface area (Å²) in [6.45, 7) is 3.73. The molecule has 0 saturated carbocycles. The number of benzene rings is 3. The molecular weight excluding hydrogens is 502 g/mol. The number of fused-ring (bicyclic) bond motifs is 2. The maximum absolute atomic E-state index is 12.9. The lowest BCUT2D eigenvalue weighted by atomic mass is 10.1. The molecule has 1 unspecified atom stereocenters. The van der Waals surface area contributed by atoms with Crippen LogP contribution in [-0.2, 0) is 23.0 Å². The highest BCUT2D eigenvalue weighted by atomic mass is 35.5. The van der Waals surface area contributed by atoms with Gasteiger partial charge in [0.25, 0.3) is 0 Å². The predicted octanol–water partition coefficient (Wildman–Crippen LogP) is 4.88. The van der Waals surface area contributed by atoms with Crippen LogP contribution in [0.1, 0.15) is 24.5 Å². The van der Waals surface area contributed by atoms with Gasteiger partial charge in [-0.25, -0.2) is 13.1 Å². The van der Waals surface area contributed by atoms with E-state index in [-0.39, 0.29) is 9.77 Å². The molecule has 182 valence electrons. The van der Waals surface area contributed by atoms with E-state index >= 15 is 0 Å². The summed E-state index contributed by atoms with van der Waals surface area (Å²) in [5.41, 5.74) is 4.25. The molecule has 0 fully saturated rings. The first-order chi connectivity index (χ1) is 16.8. The molecule has 0 saturated heterocycles. The van der Waals surface area contributed by atoms with E-state index in [0.717, 1.165) is 35.4 Å². The van der Waals surface area contributed by atoms with Crippen molar-refractivity contribution in [2.75, 3.05) is 18.0 Å². The van der Waals surface area contributed by atoms with Gasteiger partial charge >= 0.3 is 4.87 Å². The highest BCUT2D eigenvalue weighted by molar-refractivity contribution is 7.89. The zero-order valence-corrected chi connectivity index (χ0v) is 21.7. The van der Waals surface area contributed by atoms with Crippen molar-refractivity contribution < 1.29 is 8.42 Å². The third-order valence-corrected chi connectivity index (χ3v) is 9.07. The molecular formula is C26H26ClN3O3S2. The number of nitrogens with one attached hydrogen (secondary N) is 1. The summed E-state index contributed by atoms with van der Waals surface area (Å²) in [6, 6.07) is 21.0. The number of thiazole rings is 1. The summed E-state index contributed by atoms with van der Waals surface area (Å²) in [5, 5.41) is 0.637. The van der Waals surface area contributed by atoms with Crippen molar-refractivity contribution in [3.63, 3.8) is 0 Å². The monoisotopic (exact) mass is 527 g/mol. The standard InChI is InChI=1S/C26H26ClN3O3S2/c1-18-15-20-5-2-3-6-23(20)29(18)14-4-13-28-35(32,33)22-11-12-24-25(16-22)34-26(31)30(24)17-19-7-9-21(27)10-8-19/h2-3,5-12,16,18,28H,4,13-15,17H2,1H3. The smallest absolute Gasteiger partial charge is 0.308 e. The van der Waals surface area contributed by atoms with Gasteiger partial charge in [-0.2, -0.15) is 0 Å². The van der Waals surface area contributed by atoms with Crippen LogP contribution in [0.5, 0.6) is 0 Å². The fraction of sp³-hybridized carbons (Fsp3) is 0.269. The first kappa shape index (κ1) is 24.1. The molecule has 0 amide bonds.